The Morgan fingerprint density at radius 3 is 2.60 bits per heavy atom. The van der Waals surface area contributed by atoms with E-state index in [0.29, 0.717) is 28.8 Å². The molecule has 0 atom stereocenters. The minimum absolute atomic E-state index is 0.452. The third-order valence-electron chi connectivity index (χ3n) is 3.66. The van der Waals surface area contributed by atoms with E-state index < -0.39 is 0 Å². The van der Waals surface area contributed by atoms with E-state index in [0.717, 1.165) is 28.4 Å². The Balaban J connectivity index is 1.95. The summed E-state index contributed by atoms with van der Waals surface area (Å²) in [5.41, 5.74) is 8.63. The van der Waals surface area contributed by atoms with E-state index in [2.05, 4.69) is 9.97 Å². The maximum atomic E-state index is 6.05. The lowest BCUT2D eigenvalue weighted by Gasteiger charge is -2.13. The standard InChI is InChI=1S/C19H17Cl2N3O/c1-12-23-9-7-18(24-12)13-2-5-19(14(10-13)6-8-22)25-15-3-4-16(20)17(21)11-15/h2-5,7,9-11H,6,8,22H2,1H3. The Morgan fingerprint density at radius 1 is 1.04 bits per heavy atom. The van der Waals surface area contributed by atoms with Crippen molar-refractivity contribution in [2.75, 3.05) is 6.54 Å². The van der Waals surface area contributed by atoms with Gasteiger partial charge in [-0.2, -0.15) is 0 Å². The van der Waals surface area contributed by atoms with Gasteiger partial charge in [0.15, 0.2) is 0 Å². The Hall–Kier alpha value is -2.14. The molecule has 1 aromatic heterocycles. The van der Waals surface area contributed by atoms with Gasteiger partial charge in [-0.25, -0.2) is 9.97 Å². The van der Waals surface area contributed by atoms with E-state index in [9.17, 15) is 0 Å². The zero-order valence-electron chi connectivity index (χ0n) is 13.7. The van der Waals surface area contributed by atoms with E-state index in [-0.39, 0.29) is 0 Å². The van der Waals surface area contributed by atoms with Gasteiger partial charge in [0.05, 0.1) is 15.7 Å². The molecule has 3 aromatic rings. The summed E-state index contributed by atoms with van der Waals surface area (Å²) in [7, 11) is 0. The summed E-state index contributed by atoms with van der Waals surface area (Å²) in [6.07, 6.45) is 2.44. The van der Waals surface area contributed by atoms with Crippen molar-refractivity contribution in [3.05, 3.63) is 70.1 Å². The fourth-order valence-electron chi connectivity index (χ4n) is 2.47. The van der Waals surface area contributed by atoms with Crippen LogP contribution in [0.3, 0.4) is 0 Å². The highest BCUT2D eigenvalue weighted by Crippen LogP contribution is 2.33. The topological polar surface area (TPSA) is 61.0 Å². The molecule has 1 heterocycles. The van der Waals surface area contributed by atoms with Crippen molar-refractivity contribution >= 4 is 23.2 Å². The van der Waals surface area contributed by atoms with Gasteiger partial charge in [-0.15, -0.1) is 0 Å². The molecule has 0 unspecified atom stereocenters. The predicted molar refractivity (Wildman–Crippen MR) is 101 cm³/mol. The van der Waals surface area contributed by atoms with Crippen molar-refractivity contribution in [2.24, 2.45) is 5.73 Å². The zero-order valence-corrected chi connectivity index (χ0v) is 15.2. The SMILES string of the molecule is Cc1nccc(-c2ccc(Oc3ccc(Cl)c(Cl)c3)c(CCN)c2)n1. The minimum Gasteiger partial charge on any atom is -0.457 e. The summed E-state index contributed by atoms with van der Waals surface area (Å²) in [5.74, 6) is 2.09. The first-order valence-corrected chi connectivity index (χ1v) is 8.58. The fourth-order valence-corrected chi connectivity index (χ4v) is 2.76. The Labute approximate surface area is 156 Å². The number of halogens is 2. The smallest absolute Gasteiger partial charge is 0.130 e. The summed E-state index contributed by atoms with van der Waals surface area (Å²) in [6.45, 7) is 2.38. The number of rotatable bonds is 5. The zero-order chi connectivity index (χ0) is 17.8. The average Bonchev–Trinajstić information content (AvgIpc) is 2.60. The van der Waals surface area contributed by atoms with Crippen molar-refractivity contribution in [2.45, 2.75) is 13.3 Å². The molecule has 0 bridgehead atoms. The van der Waals surface area contributed by atoms with Crippen LogP contribution < -0.4 is 10.5 Å². The third-order valence-corrected chi connectivity index (χ3v) is 4.40. The number of hydrogen-bond acceptors (Lipinski definition) is 4. The van der Waals surface area contributed by atoms with Gasteiger partial charge < -0.3 is 10.5 Å². The first-order chi connectivity index (χ1) is 12.1. The van der Waals surface area contributed by atoms with Gasteiger partial charge in [0, 0.05) is 17.8 Å². The molecule has 0 amide bonds. The molecule has 3 rings (SSSR count). The summed E-state index contributed by atoms with van der Waals surface area (Å²) >= 11 is 12.0. The van der Waals surface area contributed by atoms with Gasteiger partial charge in [0.25, 0.3) is 0 Å². The minimum atomic E-state index is 0.452. The van der Waals surface area contributed by atoms with E-state index >= 15 is 0 Å². The predicted octanol–water partition coefficient (Wildman–Crippen LogP) is 5.05. The van der Waals surface area contributed by atoms with Crippen LogP contribution in [0.15, 0.2) is 48.7 Å². The molecule has 0 saturated heterocycles. The lowest BCUT2D eigenvalue weighted by molar-refractivity contribution is 0.476. The van der Waals surface area contributed by atoms with Crippen LogP contribution in [0.25, 0.3) is 11.3 Å². The van der Waals surface area contributed by atoms with Crippen LogP contribution in [-0.2, 0) is 6.42 Å². The lowest BCUT2D eigenvalue weighted by Crippen LogP contribution is -2.04. The van der Waals surface area contributed by atoms with Crippen LogP contribution in [0.4, 0.5) is 0 Å². The first-order valence-electron chi connectivity index (χ1n) is 7.83. The highest BCUT2D eigenvalue weighted by atomic mass is 35.5. The van der Waals surface area contributed by atoms with Crippen molar-refractivity contribution in [1.29, 1.82) is 0 Å². The van der Waals surface area contributed by atoms with Gasteiger partial charge in [-0.1, -0.05) is 23.2 Å². The van der Waals surface area contributed by atoms with Crippen molar-refractivity contribution in [3.8, 4) is 22.8 Å². The maximum absolute atomic E-state index is 6.05. The molecule has 2 aromatic carbocycles. The fraction of sp³-hybridized carbons (Fsp3) is 0.158. The number of benzene rings is 2. The third kappa shape index (κ3) is 4.28. The van der Waals surface area contributed by atoms with Crippen molar-refractivity contribution < 1.29 is 4.74 Å². The molecule has 0 spiro atoms. The molecule has 128 valence electrons. The van der Waals surface area contributed by atoms with Crippen LogP contribution in [0, 0.1) is 6.92 Å². The van der Waals surface area contributed by atoms with Crippen LogP contribution in [-0.4, -0.2) is 16.5 Å². The molecular formula is C19H17Cl2N3O. The van der Waals surface area contributed by atoms with Gasteiger partial charge in [0.2, 0.25) is 0 Å². The highest BCUT2D eigenvalue weighted by Gasteiger charge is 2.10. The Kier molecular flexibility index (Phi) is 5.53. The average molecular weight is 374 g/mol. The molecule has 0 aliphatic rings. The van der Waals surface area contributed by atoms with Crippen LogP contribution in [0.5, 0.6) is 11.5 Å². The molecule has 6 heteroatoms. The Morgan fingerprint density at radius 2 is 1.88 bits per heavy atom. The Bertz CT molecular complexity index is 900. The monoisotopic (exact) mass is 373 g/mol. The van der Waals surface area contributed by atoms with Crippen molar-refractivity contribution in [1.82, 2.24) is 9.97 Å². The number of ether oxygens (including phenoxy) is 1. The molecule has 0 aliphatic heterocycles. The maximum Gasteiger partial charge on any atom is 0.130 e. The van der Waals surface area contributed by atoms with Gasteiger partial charge in [-0.05, 0) is 61.9 Å². The molecule has 0 radical (unpaired) electrons. The summed E-state index contributed by atoms with van der Waals surface area (Å²) in [5, 5.41) is 0.943. The van der Waals surface area contributed by atoms with Crippen LogP contribution >= 0.6 is 23.2 Å². The molecule has 0 fully saturated rings. The van der Waals surface area contributed by atoms with Crippen LogP contribution in [0.2, 0.25) is 10.0 Å². The van der Waals surface area contributed by atoms with E-state index in [1.165, 1.54) is 0 Å². The van der Waals surface area contributed by atoms with Crippen LogP contribution in [0.1, 0.15) is 11.4 Å². The second kappa shape index (κ2) is 7.83. The second-order valence-corrected chi connectivity index (χ2v) is 6.34. The molecule has 0 saturated carbocycles. The second-order valence-electron chi connectivity index (χ2n) is 5.53. The number of hydrogen-bond donors (Lipinski definition) is 1. The van der Waals surface area contributed by atoms with Gasteiger partial charge >= 0.3 is 0 Å². The molecule has 0 aliphatic carbocycles. The molecule has 25 heavy (non-hydrogen) atoms. The number of nitrogens with two attached hydrogens (primary N) is 1. The summed E-state index contributed by atoms with van der Waals surface area (Å²) in [6, 6.07) is 13.0. The number of nitrogens with zero attached hydrogens (tertiary/aromatic N) is 2. The molecular weight excluding hydrogens is 357 g/mol. The molecule has 4 nitrogen and oxygen atoms in total. The van der Waals surface area contributed by atoms with Gasteiger partial charge in [-0.3, -0.25) is 0 Å². The summed E-state index contributed by atoms with van der Waals surface area (Å²) in [4.78, 5) is 8.60. The number of aryl methyl sites for hydroxylation is 1. The van der Waals surface area contributed by atoms with E-state index in [1.54, 1.807) is 24.4 Å². The van der Waals surface area contributed by atoms with E-state index in [1.807, 2.05) is 31.2 Å². The quantitative estimate of drug-likeness (QED) is 0.679. The number of aromatic nitrogens is 2. The first kappa shape index (κ1) is 17.7. The van der Waals surface area contributed by atoms with Gasteiger partial charge in [0.1, 0.15) is 17.3 Å². The molecule has 2 N–H and O–H groups in total. The normalized spacial score (nSPS) is 10.7. The lowest BCUT2D eigenvalue weighted by atomic mass is 10.0. The van der Waals surface area contributed by atoms with E-state index in [4.69, 9.17) is 33.7 Å². The highest BCUT2D eigenvalue weighted by molar-refractivity contribution is 6.42. The largest absolute Gasteiger partial charge is 0.457 e. The summed E-state index contributed by atoms with van der Waals surface area (Å²) < 4.78 is 5.98. The van der Waals surface area contributed by atoms with Crippen molar-refractivity contribution in [3.63, 3.8) is 0 Å².